The Hall–Kier alpha value is -2.46. The standard InChI is InChI=1S/C17H17ClN2O2/c1-22-17(21)13-6-9-15(19)16(11-13)20-10-2-3-12-4-7-14(18)8-5-12/h2-9,11,20H,10,19H2,1H3. The molecule has 5 heteroatoms. The van der Waals surface area contributed by atoms with Crippen LogP contribution in [0.5, 0.6) is 0 Å². The van der Waals surface area contributed by atoms with Crippen molar-refractivity contribution in [2.24, 2.45) is 0 Å². The maximum absolute atomic E-state index is 11.5. The van der Waals surface area contributed by atoms with E-state index in [1.54, 1.807) is 18.2 Å². The quantitative estimate of drug-likeness (QED) is 0.650. The summed E-state index contributed by atoms with van der Waals surface area (Å²) in [5.74, 6) is -0.389. The molecule has 0 radical (unpaired) electrons. The van der Waals surface area contributed by atoms with Crippen molar-refractivity contribution in [1.82, 2.24) is 0 Å². The van der Waals surface area contributed by atoms with Gasteiger partial charge in [0.15, 0.2) is 0 Å². The fourth-order valence-corrected chi connectivity index (χ4v) is 2.02. The normalized spacial score (nSPS) is 10.6. The minimum atomic E-state index is -0.389. The van der Waals surface area contributed by atoms with Crippen molar-refractivity contribution in [3.63, 3.8) is 0 Å². The number of carbonyl (C=O) groups excluding carboxylic acids is 1. The van der Waals surface area contributed by atoms with Gasteiger partial charge in [0, 0.05) is 11.6 Å². The van der Waals surface area contributed by atoms with E-state index in [0.717, 1.165) is 5.56 Å². The summed E-state index contributed by atoms with van der Waals surface area (Å²) >= 11 is 5.83. The zero-order valence-electron chi connectivity index (χ0n) is 12.2. The van der Waals surface area contributed by atoms with Gasteiger partial charge in [-0.2, -0.15) is 0 Å². The van der Waals surface area contributed by atoms with Crippen LogP contribution in [-0.4, -0.2) is 19.6 Å². The number of nitrogens with two attached hydrogens (primary N) is 1. The molecule has 0 spiro atoms. The molecule has 2 rings (SSSR count). The molecule has 4 nitrogen and oxygen atoms in total. The first-order valence-electron chi connectivity index (χ1n) is 6.74. The number of esters is 1. The summed E-state index contributed by atoms with van der Waals surface area (Å²) in [5.41, 5.74) is 8.68. The van der Waals surface area contributed by atoms with E-state index in [4.69, 9.17) is 22.1 Å². The van der Waals surface area contributed by atoms with Gasteiger partial charge in [-0.05, 0) is 35.9 Å². The summed E-state index contributed by atoms with van der Waals surface area (Å²) in [6.45, 7) is 0.581. The fourth-order valence-electron chi connectivity index (χ4n) is 1.89. The molecule has 0 aliphatic rings. The molecule has 0 saturated heterocycles. The Kier molecular flexibility index (Phi) is 5.44. The van der Waals surface area contributed by atoms with Crippen LogP contribution in [0.15, 0.2) is 48.5 Å². The van der Waals surface area contributed by atoms with Crippen LogP contribution < -0.4 is 11.1 Å². The Bertz CT molecular complexity index is 682. The number of anilines is 2. The molecule has 22 heavy (non-hydrogen) atoms. The average Bonchev–Trinajstić information content (AvgIpc) is 2.54. The van der Waals surface area contributed by atoms with Gasteiger partial charge in [0.1, 0.15) is 0 Å². The number of carbonyl (C=O) groups is 1. The number of rotatable bonds is 5. The minimum absolute atomic E-state index is 0.389. The lowest BCUT2D eigenvalue weighted by molar-refractivity contribution is 0.0601. The summed E-state index contributed by atoms with van der Waals surface area (Å²) in [4.78, 5) is 11.5. The van der Waals surface area contributed by atoms with E-state index in [2.05, 4.69) is 5.32 Å². The second-order valence-electron chi connectivity index (χ2n) is 4.63. The number of benzene rings is 2. The molecule has 0 unspecified atom stereocenters. The van der Waals surface area contributed by atoms with Gasteiger partial charge in [-0.3, -0.25) is 0 Å². The van der Waals surface area contributed by atoms with E-state index in [0.29, 0.717) is 28.5 Å². The van der Waals surface area contributed by atoms with Gasteiger partial charge in [-0.25, -0.2) is 4.79 Å². The molecule has 0 heterocycles. The highest BCUT2D eigenvalue weighted by molar-refractivity contribution is 6.30. The maximum atomic E-state index is 11.5. The smallest absolute Gasteiger partial charge is 0.337 e. The van der Waals surface area contributed by atoms with Crippen LogP contribution in [0.4, 0.5) is 11.4 Å². The lowest BCUT2D eigenvalue weighted by Crippen LogP contribution is -2.06. The zero-order valence-corrected chi connectivity index (χ0v) is 12.9. The lowest BCUT2D eigenvalue weighted by atomic mass is 10.1. The summed E-state index contributed by atoms with van der Waals surface area (Å²) in [6.07, 6.45) is 3.94. The van der Waals surface area contributed by atoms with Crippen molar-refractivity contribution in [3.8, 4) is 0 Å². The van der Waals surface area contributed by atoms with Crippen molar-refractivity contribution in [3.05, 3.63) is 64.7 Å². The fraction of sp³-hybridized carbons (Fsp3) is 0.118. The number of hydrogen-bond donors (Lipinski definition) is 2. The molecule has 3 N–H and O–H groups in total. The Morgan fingerprint density at radius 1 is 1.27 bits per heavy atom. The molecular formula is C17H17ClN2O2. The monoisotopic (exact) mass is 316 g/mol. The minimum Gasteiger partial charge on any atom is -0.465 e. The van der Waals surface area contributed by atoms with Crippen LogP contribution in [0.2, 0.25) is 5.02 Å². The average molecular weight is 317 g/mol. The summed E-state index contributed by atoms with van der Waals surface area (Å²) in [6, 6.07) is 12.5. The SMILES string of the molecule is COC(=O)c1ccc(N)c(NCC=Cc2ccc(Cl)cc2)c1. The first kappa shape index (κ1) is 15.9. The van der Waals surface area contributed by atoms with Gasteiger partial charge in [-0.15, -0.1) is 0 Å². The predicted molar refractivity (Wildman–Crippen MR) is 91.2 cm³/mol. The zero-order chi connectivity index (χ0) is 15.9. The molecule has 114 valence electrons. The van der Waals surface area contributed by atoms with Crippen molar-refractivity contribution < 1.29 is 9.53 Å². The van der Waals surface area contributed by atoms with Crippen molar-refractivity contribution in [2.75, 3.05) is 24.7 Å². The molecule has 0 aromatic heterocycles. The Balaban J connectivity index is 1.99. The molecule has 0 bridgehead atoms. The number of ether oxygens (including phenoxy) is 1. The molecule has 0 saturated carbocycles. The van der Waals surface area contributed by atoms with Crippen LogP contribution in [-0.2, 0) is 4.74 Å². The van der Waals surface area contributed by atoms with Crippen LogP contribution in [0, 0.1) is 0 Å². The first-order valence-corrected chi connectivity index (χ1v) is 7.12. The Labute approximate surface area is 134 Å². The van der Waals surface area contributed by atoms with Gasteiger partial charge in [0.25, 0.3) is 0 Å². The van der Waals surface area contributed by atoms with Crippen LogP contribution in [0.25, 0.3) is 6.08 Å². The molecule has 2 aromatic carbocycles. The Morgan fingerprint density at radius 2 is 2.00 bits per heavy atom. The van der Waals surface area contributed by atoms with Gasteiger partial charge in [0.2, 0.25) is 0 Å². The van der Waals surface area contributed by atoms with E-state index >= 15 is 0 Å². The van der Waals surface area contributed by atoms with E-state index in [9.17, 15) is 4.79 Å². The number of halogens is 1. The van der Waals surface area contributed by atoms with Gasteiger partial charge in [-0.1, -0.05) is 35.9 Å². The molecule has 2 aromatic rings. The number of nitrogen functional groups attached to an aromatic ring is 1. The van der Waals surface area contributed by atoms with E-state index < -0.39 is 0 Å². The summed E-state index contributed by atoms with van der Waals surface area (Å²) < 4.78 is 4.69. The van der Waals surface area contributed by atoms with E-state index in [1.165, 1.54) is 7.11 Å². The number of hydrogen-bond acceptors (Lipinski definition) is 4. The third-order valence-electron chi connectivity index (χ3n) is 3.07. The highest BCUT2D eigenvalue weighted by atomic mass is 35.5. The topological polar surface area (TPSA) is 64.3 Å². The van der Waals surface area contributed by atoms with Gasteiger partial charge >= 0.3 is 5.97 Å². The van der Waals surface area contributed by atoms with E-state index in [1.807, 2.05) is 36.4 Å². The maximum Gasteiger partial charge on any atom is 0.337 e. The Morgan fingerprint density at radius 3 is 2.68 bits per heavy atom. The highest BCUT2D eigenvalue weighted by Crippen LogP contribution is 2.20. The third-order valence-corrected chi connectivity index (χ3v) is 3.32. The lowest BCUT2D eigenvalue weighted by Gasteiger charge is -2.09. The van der Waals surface area contributed by atoms with Crippen molar-refractivity contribution in [1.29, 1.82) is 0 Å². The van der Waals surface area contributed by atoms with Gasteiger partial charge in [0.05, 0.1) is 24.0 Å². The first-order chi connectivity index (χ1) is 10.6. The second kappa shape index (κ2) is 7.52. The van der Waals surface area contributed by atoms with Gasteiger partial charge < -0.3 is 15.8 Å². The molecule has 0 aliphatic heterocycles. The van der Waals surface area contributed by atoms with Crippen molar-refractivity contribution in [2.45, 2.75) is 0 Å². The number of nitrogens with one attached hydrogen (secondary N) is 1. The third kappa shape index (κ3) is 4.27. The summed E-state index contributed by atoms with van der Waals surface area (Å²) in [7, 11) is 1.35. The summed E-state index contributed by atoms with van der Waals surface area (Å²) in [5, 5.41) is 3.88. The molecule has 0 aliphatic carbocycles. The largest absolute Gasteiger partial charge is 0.465 e. The molecule has 0 amide bonds. The van der Waals surface area contributed by atoms with E-state index in [-0.39, 0.29) is 5.97 Å². The number of methoxy groups -OCH3 is 1. The molecule has 0 fully saturated rings. The molecule has 0 atom stereocenters. The van der Waals surface area contributed by atoms with Crippen LogP contribution in [0.3, 0.4) is 0 Å². The van der Waals surface area contributed by atoms with Crippen molar-refractivity contribution >= 4 is 35.0 Å². The highest BCUT2D eigenvalue weighted by Gasteiger charge is 2.07. The predicted octanol–water partition coefficient (Wildman–Crippen LogP) is 3.83. The van der Waals surface area contributed by atoms with Crippen LogP contribution in [0.1, 0.15) is 15.9 Å². The molecular weight excluding hydrogens is 300 g/mol. The second-order valence-corrected chi connectivity index (χ2v) is 5.06. The van der Waals surface area contributed by atoms with Crippen LogP contribution >= 0.6 is 11.6 Å².